The smallest absolute Gasteiger partial charge is 0.404 e. The SMILES string of the molecule is COCCc1nc2c(N)nc3ccccc3c2n1CCCCNS(=O)c1ccc(Br)cc1OC(F)(F)F. The van der Waals surface area contributed by atoms with E-state index in [1.54, 1.807) is 7.11 Å². The third-order valence-corrected chi connectivity index (χ3v) is 7.29. The second-order valence-corrected chi connectivity index (χ2v) is 10.3. The third kappa shape index (κ3) is 6.58. The first-order chi connectivity index (χ1) is 17.7. The van der Waals surface area contributed by atoms with E-state index in [1.807, 2.05) is 24.3 Å². The Balaban J connectivity index is 1.46. The van der Waals surface area contributed by atoms with Crippen LogP contribution in [0.1, 0.15) is 18.7 Å². The summed E-state index contributed by atoms with van der Waals surface area (Å²) in [7, 11) is -0.261. The average Bonchev–Trinajstić information content (AvgIpc) is 3.20. The van der Waals surface area contributed by atoms with Gasteiger partial charge in [-0.1, -0.05) is 34.1 Å². The highest BCUT2D eigenvalue weighted by molar-refractivity contribution is 9.10. The number of fused-ring (bicyclic) bond motifs is 3. The van der Waals surface area contributed by atoms with Crippen molar-refractivity contribution in [2.45, 2.75) is 37.1 Å². The van der Waals surface area contributed by atoms with Gasteiger partial charge in [0.25, 0.3) is 0 Å². The Labute approximate surface area is 222 Å². The van der Waals surface area contributed by atoms with Crippen LogP contribution in [0, 0.1) is 0 Å². The zero-order valence-corrected chi connectivity index (χ0v) is 22.3. The number of hydrogen-bond donors (Lipinski definition) is 2. The fourth-order valence-corrected chi connectivity index (χ4v) is 5.31. The molecule has 2 aromatic carbocycles. The number of methoxy groups -OCH3 is 1. The zero-order valence-electron chi connectivity index (χ0n) is 19.8. The van der Waals surface area contributed by atoms with Crippen LogP contribution in [0.25, 0.3) is 21.9 Å². The Hall–Kier alpha value is -2.74. The minimum atomic E-state index is -4.89. The van der Waals surface area contributed by atoms with E-state index in [2.05, 4.69) is 34.9 Å². The van der Waals surface area contributed by atoms with Crippen LogP contribution in [0.2, 0.25) is 0 Å². The third-order valence-electron chi connectivity index (χ3n) is 5.59. The Bertz CT molecular complexity index is 1430. The van der Waals surface area contributed by atoms with Crippen LogP contribution in [-0.4, -0.2) is 45.4 Å². The van der Waals surface area contributed by atoms with Crippen LogP contribution in [0.5, 0.6) is 5.75 Å². The van der Waals surface area contributed by atoms with Gasteiger partial charge < -0.3 is 19.8 Å². The van der Waals surface area contributed by atoms with Gasteiger partial charge in [-0.25, -0.2) is 18.9 Å². The summed E-state index contributed by atoms with van der Waals surface area (Å²) in [6, 6.07) is 11.7. The molecule has 13 heteroatoms. The van der Waals surface area contributed by atoms with Crippen molar-refractivity contribution < 1.29 is 26.9 Å². The maximum atomic E-state index is 12.8. The largest absolute Gasteiger partial charge is 0.573 e. The molecule has 2 heterocycles. The van der Waals surface area contributed by atoms with Gasteiger partial charge in [0.15, 0.2) is 5.82 Å². The molecule has 1 atom stereocenters. The monoisotopic (exact) mass is 599 g/mol. The summed E-state index contributed by atoms with van der Waals surface area (Å²) in [5.41, 5.74) is 8.52. The number of nitrogens with two attached hydrogens (primary N) is 1. The van der Waals surface area contributed by atoms with Crippen LogP contribution in [0.4, 0.5) is 19.0 Å². The molecule has 0 radical (unpaired) electrons. The van der Waals surface area contributed by atoms with E-state index in [0.29, 0.717) is 54.8 Å². The Morgan fingerprint density at radius 2 is 1.95 bits per heavy atom. The van der Waals surface area contributed by atoms with Gasteiger partial charge in [0.2, 0.25) is 0 Å². The number of pyridine rings is 1. The first-order valence-corrected chi connectivity index (χ1v) is 13.3. The molecule has 0 aliphatic rings. The van der Waals surface area contributed by atoms with Gasteiger partial charge >= 0.3 is 6.36 Å². The molecule has 37 heavy (non-hydrogen) atoms. The molecule has 4 aromatic rings. The highest BCUT2D eigenvalue weighted by atomic mass is 79.9. The van der Waals surface area contributed by atoms with E-state index in [0.717, 1.165) is 28.3 Å². The molecular formula is C24H25BrF3N5O3S. The van der Waals surface area contributed by atoms with Crippen LogP contribution in [0.15, 0.2) is 51.8 Å². The molecule has 0 aliphatic heterocycles. The average molecular weight is 600 g/mol. The Kier molecular flexibility index (Phi) is 8.67. The molecule has 0 spiro atoms. The number of alkyl halides is 3. The number of anilines is 1. The Morgan fingerprint density at radius 3 is 2.70 bits per heavy atom. The van der Waals surface area contributed by atoms with Gasteiger partial charge in [0, 0.05) is 36.5 Å². The van der Waals surface area contributed by atoms with Crippen molar-refractivity contribution in [3.05, 3.63) is 52.8 Å². The van der Waals surface area contributed by atoms with E-state index >= 15 is 0 Å². The van der Waals surface area contributed by atoms with Gasteiger partial charge in [-0.2, -0.15) is 0 Å². The van der Waals surface area contributed by atoms with Gasteiger partial charge in [0.1, 0.15) is 28.1 Å². The standard InChI is InChI=1S/C24H25BrF3N5O3S/c1-35-13-10-20-32-21-22(16-6-2-3-7-17(16)31-23(21)29)33(20)12-5-4-11-30-37(34)19-9-8-15(25)14-18(19)36-24(26,27)28/h2-3,6-9,14,30H,4-5,10-13H2,1H3,(H2,29,31). The number of rotatable bonds is 11. The number of halogens is 4. The topological polar surface area (TPSA) is 104 Å². The van der Waals surface area contributed by atoms with Crippen LogP contribution >= 0.6 is 15.9 Å². The van der Waals surface area contributed by atoms with Crippen molar-refractivity contribution in [2.24, 2.45) is 0 Å². The predicted molar refractivity (Wildman–Crippen MR) is 139 cm³/mol. The molecular weight excluding hydrogens is 575 g/mol. The molecule has 3 N–H and O–H groups in total. The lowest BCUT2D eigenvalue weighted by Gasteiger charge is -2.14. The molecule has 0 amide bonds. The number of aromatic nitrogens is 3. The minimum absolute atomic E-state index is 0.0857. The fraction of sp³-hybridized carbons (Fsp3) is 0.333. The number of unbranched alkanes of at least 4 members (excludes halogenated alkanes) is 1. The zero-order chi connectivity index (χ0) is 26.6. The summed E-state index contributed by atoms with van der Waals surface area (Å²) < 4.78 is 65.5. The highest BCUT2D eigenvalue weighted by Crippen LogP contribution is 2.31. The number of benzene rings is 2. The number of ether oxygens (including phenoxy) is 2. The van der Waals surface area contributed by atoms with E-state index in [1.165, 1.54) is 12.1 Å². The van der Waals surface area contributed by atoms with Crippen molar-refractivity contribution in [1.29, 1.82) is 0 Å². The lowest BCUT2D eigenvalue weighted by molar-refractivity contribution is -0.275. The lowest BCUT2D eigenvalue weighted by atomic mass is 10.2. The van der Waals surface area contributed by atoms with Crippen molar-refractivity contribution >= 4 is 54.7 Å². The fourth-order valence-electron chi connectivity index (χ4n) is 4.01. The molecule has 1 unspecified atom stereocenters. The quantitative estimate of drug-likeness (QED) is 0.232. The molecule has 8 nitrogen and oxygen atoms in total. The minimum Gasteiger partial charge on any atom is -0.404 e. The molecule has 0 fully saturated rings. The maximum Gasteiger partial charge on any atom is 0.573 e. The first-order valence-electron chi connectivity index (χ1n) is 11.4. The molecule has 0 saturated carbocycles. The number of hydrogen-bond acceptors (Lipinski definition) is 6. The van der Waals surface area contributed by atoms with Crippen molar-refractivity contribution in [3.8, 4) is 5.75 Å². The van der Waals surface area contributed by atoms with E-state index in [-0.39, 0.29) is 4.90 Å². The van der Waals surface area contributed by atoms with E-state index in [4.69, 9.17) is 15.5 Å². The van der Waals surface area contributed by atoms with Gasteiger partial charge in [-0.05, 0) is 37.1 Å². The van der Waals surface area contributed by atoms with Crippen LogP contribution in [0.3, 0.4) is 0 Å². The summed E-state index contributed by atoms with van der Waals surface area (Å²) in [4.78, 5) is 9.12. The molecule has 4 rings (SSSR count). The van der Waals surface area contributed by atoms with Crippen molar-refractivity contribution in [3.63, 3.8) is 0 Å². The van der Waals surface area contributed by atoms with Crippen LogP contribution in [-0.2, 0) is 28.7 Å². The molecule has 0 bridgehead atoms. The molecule has 0 aliphatic carbocycles. The summed E-state index contributed by atoms with van der Waals surface area (Å²) >= 11 is 3.11. The highest BCUT2D eigenvalue weighted by Gasteiger charge is 2.33. The van der Waals surface area contributed by atoms with Crippen molar-refractivity contribution in [2.75, 3.05) is 26.0 Å². The predicted octanol–water partition coefficient (Wildman–Crippen LogP) is 5.11. The van der Waals surface area contributed by atoms with Gasteiger partial charge in [0.05, 0.1) is 22.5 Å². The van der Waals surface area contributed by atoms with Gasteiger partial charge in [-0.15, -0.1) is 13.2 Å². The summed E-state index contributed by atoms with van der Waals surface area (Å²) in [5.74, 6) is 0.662. The second kappa shape index (κ2) is 11.8. The number of imidazole rings is 1. The van der Waals surface area contributed by atoms with Crippen LogP contribution < -0.4 is 15.2 Å². The number of nitrogen functional groups attached to an aromatic ring is 1. The Morgan fingerprint density at radius 1 is 1.16 bits per heavy atom. The maximum absolute atomic E-state index is 12.8. The first kappa shape index (κ1) is 27.3. The number of nitrogens with one attached hydrogen (secondary N) is 1. The number of nitrogens with zero attached hydrogens (tertiary/aromatic N) is 3. The summed E-state index contributed by atoms with van der Waals surface area (Å²) in [6.45, 7) is 1.42. The van der Waals surface area contributed by atoms with E-state index < -0.39 is 23.1 Å². The molecule has 2 aromatic heterocycles. The lowest BCUT2D eigenvalue weighted by Crippen LogP contribution is -2.22. The molecule has 198 valence electrons. The van der Waals surface area contributed by atoms with E-state index in [9.17, 15) is 17.4 Å². The van der Waals surface area contributed by atoms with Crippen molar-refractivity contribution in [1.82, 2.24) is 19.3 Å². The normalized spacial score (nSPS) is 12.9. The van der Waals surface area contributed by atoms with Gasteiger partial charge in [-0.3, -0.25) is 0 Å². The number of aryl methyl sites for hydroxylation is 1. The number of para-hydroxylation sites is 1. The summed E-state index contributed by atoms with van der Waals surface area (Å²) in [5, 5.41) is 0.939. The second-order valence-electron chi connectivity index (χ2n) is 8.14. The summed E-state index contributed by atoms with van der Waals surface area (Å²) in [6.07, 6.45) is -3.00. The molecule has 0 saturated heterocycles.